The summed E-state index contributed by atoms with van der Waals surface area (Å²) in [6.07, 6.45) is 1.46. The zero-order valence-electron chi connectivity index (χ0n) is 9.69. The molecule has 0 radical (unpaired) electrons. The smallest absolute Gasteiger partial charge is 0.152 e. The van der Waals surface area contributed by atoms with E-state index in [1.807, 2.05) is 6.07 Å². The Morgan fingerprint density at radius 1 is 1.44 bits per heavy atom. The van der Waals surface area contributed by atoms with Gasteiger partial charge in [0.25, 0.3) is 0 Å². The summed E-state index contributed by atoms with van der Waals surface area (Å²) in [4.78, 5) is 0. The van der Waals surface area contributed by atoms with Gasteiger partial charge in [-0.1, -0.05) is 11.6 Å². The predicted octanol–water partition coefficient (Wildman–Crippen LogP) is 2.20. The van der Waals surface area contributed by atoms with Crippen molar-refractivity contribution >= 4 is 27.1 Å². The fraction of sp³-hybridized carbons (Fsp3) is 0.417. The van der Waals surface area contributed by atoms with Crippen LogP contribution < -0.4 is 5.32 Å². The predicted molar refractivity (Wildman–Crippen MR) is 71.5 cm³/mol. The van der Waals surface area contributed by atoms with Crippen LogP contribution in [0, 0.1) is 11.3 Å². The number of hydrogen-bond donors (Lipinski definition) is 1. The number of nitriles is 1. The van der Waals surface area contributed by atoms with Crippen molar-refractivity contribution in [2.24, 2.45) is 0 Å². The molecule has 0 aliphatic carbocycles. The molecule has 0 saturated carbocycles. The molecule has 1 fully saturated rings. The van der Waals surface area contributed by atoms with Crippen LogP contribution in [0.2, 0.25) is 5.02 Å². The molecule has 1 N–H and O–H groups in total. The number of benzene rings is 1. The summed E-state index contributed by atoms with van der Waals surface area (Å²) < 4.78 is 23.1. The Kier molecular flexibility index (Phi) is 3.79. The number of sulfone groups is 1. The molecule has 1 saturated heterocycles. The molecule has 1 aliphatic heterocycles. The minimum absolute atomic E-state index is 0.125. The van der Waals surface area contributed by atoms with Gasteiger partial charge >= 0.3 is 0 Å². The molecular formula is C12H13ClN2O2S. The molecule has 1 aromatic rings. The number of anilines is 1. The van der Waals surface area contributed by atoms with Gasteiger partial charge in [0, 0.05) is 6.04 Å². The first-order chi connectivity index (χ1) is 8.50. The monoisotopic (exact) mass is 284 g/mol. The van der Waals surface area contributed by atoms with Crippen LogP contribution in [-0.4, -0.2) is 26.0 Å². The first-order valence-electron chi connectivity index (χ1n) is 5.67. The van der Waals surface area contributed by atoms with E-state index >= 15 is 0 Å². The zero-order chi connectivity index (χ0) is 13.2. The molecule has 4 nitrogen and oxygen atoms in total. The average Bonchev–Trinajstić information content (AvgIpc) is 2.31. The Bertz CT molecular complexity index is 593. The molecule has 0 amide bonds. The second kappa shape index (κ2) is 5.17. The fourth-order valence-corrected chi connectivity index (χ4v) is 3.87. The van der Waals surface area contributed by atoms with Gasteiger partial charge in [-0.25, -0.2) is 8.42 Å². The van der Waals surface area contributed by atoms with Gasteiger partial charge in [-0.15, -0.1) is 0 Å². The van der Waals surface area contributed by atoms with E-state index in [4.69, 9.17) is 16.9 Å². The third-order valence-corrected chi connectivity index (χ3v) is 5.07. The van der Waals surface area contributed by atoms with Gasteiger partial charge in [0.2, 0.25) is 0 Å². The van der Waals surface area contributed by atoms with E-state index in [0.717, 1.165) is 6.42 Å². The molecule has 6 heteroatoms. The maximum Gasteiger partial charge on any atom is 0.152 e. The van der Waals surface area contributed by atoms with E-state index in [0.29, 0.717) is 22.7 Å². The minimum Gasteiger partial charge on any atom is -0.380 e. The highest BCUT2D eigenvalue weighted by Crippen LogP contribution is 2.25. The topological polar surface area (TPSA) is 70.0 Å². The van der Waals surface area contributed by atoms with Gasteiger partial charge < -0.3 is 5.32 Å². The number of halogens is 1. The lowest BCUT2D eigenvalue weighted by atomic mass is 10.1. The Hall–Kier alpha value is -1.25. The number of nitrogens with one attached hydrogen (secondary N) is 1. The van der Waals surface area contributed by atoms with Crippen molar-refractivity contribution in [1.29, 1.82) is 5.26 Å². The van der Waals surface area contributed by atoms with Gasteiger partial charge in [-0.05, 0) is 31.0 Å². The quantitative estimate of drug-likeness (QED) is 0.904. The van der Waals surface area contributed by atoms with E-state index in [9.17, 15) is 8.42 Å². The van der Waals surface area contributed by atoms with Crippen molar-refractivity contribution in [2.45, 2.75) is 18.9 Å². The molecule has 18 heavy (non-hydrogen) atoms. The molecule has 0 spiro atoms. The van der Waals surface area contributed by atoms with Gasteiger partial charge in [0.15, 0.2) is 9.84 Å². The summed E-state index contributed by atoms with van der Waals surface area (Å²) in [6, 6.07) is 6.81. The molecule has 1 aromatic carbocycles. The molecule has 1 heterocycles. The first-order valence-corrected chi connectivity index (χ1v) is 7.87. The van der Waals surface area contributed by atoms with Crippen LogP contribution in [0.1, 0.15) is 18.4 Å². The van der Waals surface area contributed by atoms with Crippen LogP contribution >= 0.6 is 11.6 Å². The van der Waals surface area contributed by atoms with Crippen molar-refractivity contribution in [2.75, 3.05) is 16.8 Å². The average molecular weight is 285 g/mol. The summed E-state index contributed by atoms with van der Waals surface area (Å²) in [5.41, 5.74) is 1.12. The Balaban J connectivity index is 2.17. The summed E-state index contributed by atoms with van der Waals surface area (Å²) in [7, 11) is -2.95. The molecule has 1 aliphatic rings. The Labute approximate surface area is 111 Å². The van der Waals surface area contributed by atoms with E-state index in [2.05, 4.69) is 5.32 Å². The second-order valence-electron chi connectivity index (χ2n) is 4.40. The third-order valence-electron chi connectivity index (χ3n) is 2.92. The third kappa shape index (κ3) is 3.15. The lowest BCUT2D eigenvalue weighted by Gasteiger charge is -2.24. The fourth-order valence-electron chi connectivity index (χ4n) is 2.06. The van der Waals surface area contributed by atoms with Crippen LogP contribution in [-0.2, 0) is 9.84 Å². The van der Waals surface area contributed by atoms with Crippen molar-refractivity contribution in [3.63, 3.8) is 0 Å². The van der Waals surface area contributed by atoms with Crippen molar-refractivity contribution < 1.29 is 8.42 Å². The first kappa shape index (κ1) is 13.2. The Morgan fingerprint density at radius 2 is 2.22 bits per heavy atom. The minimum atomic E-state index is -2.95. The highest BCUT2D eigenvalue weighted by molar-refractivity contribution is 7.91. The second-order valence-corrected chi connectivity index (χ2v) is 7.04. The van der Waals surface area contributed by atoms with Crippen LogP contribution in [0.4, 0.5) is 5.69 Å². The maximum absolute atomic E-state index is 11.5. The number of nitrogens with zero attached hydrogens (tertiary/aromatic N) is 1. The lowest BCUT2D eigenvalue weighted by Crippen LogP contribution is -2.34. The van der Waals surface area contributed by atoms with Crippen LogP contribution in [0.3, 0.4) is 0 Å². The van der Waals surface area contributed by atoms with E-state index < -0.39 is 9.84 Å². The summed E-state index contributed by atoms with van der Waals surface area (Å²) in [5, 5.41) is 12.4. The highest BCUT2D eigenvalue weighted by atomic mass is 35.5. The molecule has 0 aromatic heterocycles. The summed E-state index contributed by atoms with van der Waals surface area (Å²) >= 11 is 6.02. The van der Waals surface area contributed by atoms with Gasteiger partial charge in [-0.2, -0.15) is 5.26 Å². The molecule has 96 valence electrons. The largest absolute Gasteiger partial charge is 0.380 e. The van der Waals surface area contributed by atoms with Crippen molar-refractivity contribution in [3.05, 3.63) is 28.8 Å². The molecular weight excluding hydrogens is 272 g/mol. The van der Waals surface area contributed by atoms with Gasteiger partial charge in [0.1, 0.15) is 0 Å². The van der Waals surface area contributed by atoms with Crippen LogP contribution in [0.25, 0.3) is 0 Å². The van der Waals surface area contributed by atoms with Gasteiger partial charge in [0.05, 0.1) is 33.8 Å². The van der Waals surface area contributed by atoms with Crippen molar-refractivity contribution in [1.82, 2.24) is 0 Å². The number of rotatable bonds is 2. The normalized spacial score (nSPS) is 22.1. The van der Waals surface area contributed by atoms with E-state index in [1.165, 1.54) is 0 Å². The molecule has 1 unspecified atom stereocenters. The molecule has 2 rings (SSSR count). The maximum atomic E-state index is 11.5. The lowest BCUT2D eigenvalue weighted by molar-refractivity contribution is 0.562. The van der Waals surface area contributed by atoms with E-state index in [-0.39, 0.29) is 17.5 Å². The molecule has 0 bridgehead atoms. The Morgan fingerprint density at radius 3 is 2.89 bits per heavy atom. The van der Waals surface area contributed by atoms with Crippen molar-refractivity contribution in [3.8, 4) is 6.07 Å². The van der Waals surface area contributed by atoms with Gasteiger partial charge in [-0.3, -0.25) is 0 Å². The highest BCUT2D eigenvalue weighted by Gasteiger charge is 2.24. The summed E-state index contributed by atoms with van der Waals surface area (Å²) in [5.74, 6) is 0.386. The summed E-state index contributed by atoms with van der Waals surface area (Å²) in [6.45, 7) is 0. The van der Waals surface area contributed by atoms with Crippen LogP contribution in [0.15, 0.2) is 18.2 Å². The van der Waals surface area contributed by atoms with E-state index in [1.54, 1.807) is 18.2 Å². The SMILES string of the molecule is N#Cc1ccc(Cl)c(NC2CCCS(=O)(=O)C2)c1. The van der Waals surface area contributed by atoms with Crippen LogP contribution in [0.5, 0.6) is 0 Å². The number of hydrogen-bond acceptors (Lipinski definition) is 4. The standard InChI is InChI=1S/C12H13ClN2O2S/c13-11-4-3-9(7-14)6-12(11)15-10-2-1-5-18(16,17)8-10/h3-4,6,10,15H,1-2,5,8H2. The zero-order valence-corrected chi connectivity index (χ0v) is 11.3. The molecule has 1 atom stereocenters.